The minimum absolute atomic E-state index is 0.105. The summed E-state index contributed by atoms with van der Waals surface area (Å²) in [6.07, 6.45) is 5.63. The first-order valence-electron chi connectivity index (χ1n) is 10.6. The highest BCUT2D eigenvalue weighted by Crippen LogP contribution is 2.28. The first-order chi connectivity index (χ1) is 14.3. The minimum atomic E-state index is -0.105. The number of amides is 1. The molecular formula is C22H27N5O2. The van der Waals surface area contributed by atoms with Gasteiger partial charge in [-0.1, -0.05) is 11.8 Å². The lowest BCUT2D eigenvalue weighted by molar-refractivity contribution is 0.0618. The number of aromatic nitrogens is 1. The maximum atomic E-state index is 12.8. The van der Waals surface area contributed by atoms with Crippen LogP contribution in [0.4, 0.5) is 0 Å². The Kier molecular flexibility index (Phi) is 5.23. The smallest absolute Gasteiger partial charge is 0.270 e. The van der Waals surface area contributed by atoms with Gasteiger partial charge in [0.2, 0.25) is 0 Å². The van der Waals surface area contributed by atoms with E-state index in [9.17, 15) is 4.79 Å². The van der Waals surface area contributed by atoms with Crippen molar-refractivity contribution in [3.05, 3.63) is 29.8 Å². The van der Waals surface area contributed by atoms with Crippen LogP contribution in [0.2, 0.25) is 0 Å². The van der Waals surface area contributed by atoms with Crippen molar-refractivity contribution in [2.45, 2.75) is 18.9 Å². The van der Waals surface area contributed by atoms with Crippen LogP contribution in [0, 0.1) is 17.8 Å². The lowest BCUT2D eigenvalue weighted by Crippen LogP contribution is -2.57. The van der Waals surface area contributed by atoms with Crippen molar-refractivity contribution in [3.8, 4) is 11.8 Å². The van der Waals surface area contributed by atoms with Crippen LogP contribution in [0.25, 0.3) is 11.0 Å². The Bertz CT molecular complexity index is 945. The number of carbonyl (C=O) groups excluding carboxylic acids is 1. The lowest BCUT2D eigenvalue weighted by Gasteiger charge is -2.44. The molecule has 2 N–H and O–H groups in total. The normalized spacial score (nSPS) is 26.8. The van der Waals surface area contributed by atoms with Crippen LogP contribution in [0.5, 0.6) is 0 Å². The first-order valence-corrected chi connectivity index (χ1v) is 10.6. The Hall–Kier alpha value is -2.40. The SMILES string of the molecule is O=C(NC1CN2CCC1CC2)c1cc2c(C#CCN3CCNCC3)coc2cn1. The molecule has 0 aliphatic carbocycles. The molecule has 0 radical (unpaired) electrons. The van der Waals surface area contributed by atoms with E-state index in [1.807, 2.05) is 6.07 Å². The van der Waals surface area contributed by atoms with Gasteiger partial charge in [0.05, 0.1) is 18.3 Å². The molecule has 1 unspecified atom stereocenters. The molecule has 2 bridgehead atoms. The van der Waals surface area contributed by atoms with Crippen molar-refractivity contribution < 1.29 is 9.21 Å². The van der Waals surface area contributed by atoms with Crippen LogP contribution in [-0.2, 0) is 0 Å². The predicted octanol–water partition coefficient (Wildman–Crippen LogP) is 0.908. The second-order valence-corrected chi connectivity index (χ2v) is 8.26. The molecule has 6 heterocycles. The third-order valence-electron chi connectivity index (χ3n) is 6.40. The second-order valence-electron chi connectivity index (χ2n) is 8.26. The molecule has 0 aromatic carbocycles. The molecule has 7 nitrogen and oxygen atoms in total. The molecule has 4 aliphatic rings. The van der Waals surface area contributed by atoms with Crippen LogP contribution < -0.4 is 10.6 Å². The summed E-state index contributed by atoms with van der Waals surface area (Å²) >= 11 is 0. The van der Waals surface area contributed by atoms with E-state index >= 15 is 0 Å². The van der Waals surface area contributed by atoms with Gasteiger partial charge in [0, 0.05) is 44.2 Å². The van der Waals surface area contributed by atoms with Gasteiger partial charge in [-0.2, -0.15) is 0 Å². The van der Waals surface area contributed by atoms with E-state index in [4.69, 9.17) is 4.42 Å². The summed E-state index contributed by atoms with van der Waals surface area (Å²) in [4.78, 5) is 21.9. The zero-order valence-electron chi connectivity index (χ0n) is 16.6. The van der Waals surface area contributed by atoms with E-state index in [0.29, 0.717) is 17.2 Å². The standard InChI is InChI=1S/C22H27N5O2/c28-22(25-20-14-27-8-3-16(20)4-9-27)19-12-18-17(15-29-21(18)13-24-19)2-1-7-26-10-5-23-6-11-26/h12-13,15-16,20,23H,3-11,14H2,(H,25,28). The number of fused-ring (bicyclic) bond motifs is 4. The largest absolute Gasteiger partial charge is 0.461 e. The average molecular weight is 393 g/mol. The second kappa shape index (κ2) is 8.15. The quantitative estimate of drug-likeness (QED) is 0.756. The Labute approximate surface area is 170 Å². The van der Waals surface area contributed by atoms with Crippen LogP contribution >= 0.6 is 0 Å². The molecule has 1 amide bonds. The van der Waals surface area contributed by atoms with Gasteiger partial charge < -0.3 is 20.0 Å². The Morgan fingerprint density at radius 3 is 2.86 bits per heavy atom. The van der Waals surface area contributed by atoms with E-state index in [-0.39, 0.29) is 11.9 Å². The highest BCUT2D eigenvalue weighted by Gasteiger charge is 2.35. The summed E-state index contributed by atoms with van der Waals surface area (Å²) in [5, 5.41) is 7.41. The third-order valence-corrected chi connectivity index (χ3v) is 6.40. The number of nitrogens with zero attached hydrogens (tertiary/aromatic N) is 3. The summed E-state index contributed by atoms with van der Waals surface area (Å²) in [6, 6.07) is 2.04. The molecule has 2 aromatic rings. The monoisotopic (exact) mass is 393 g/mol. The molecule has 1 atom stereocenters. The Morgan fingerprint density at radius 2 is 2.10 bits per heavy atom. The van der Waals surface area contributed by atoms with Gasteiger partial charge in [0.15, 0.2) is 5.58 Å². The van der Waals surface area contributed by atoms with Gasteiger partial charge in [-0.05, 0) is 37.9 Å². The molecule has 4 saturated heterocycles. The van der Waals surface area contributed by atoms with Gasteiger partial charge in [-0.15, -0.1) is 0 Å². The molecule has 7 heteroatoms. The number of hydrogen-bond donors (Lipinski definition) is 2. The zero-order chi connectivity index (χ0) is 19.6. The highest BCUT2D eigenvalue weighted by molar-refractivity contribution is 5.97. The maximum Gasteiger partial charge on any atom is 0.270 e. The highest BCUT2D eigenvalue weighted by atomic mass is 16.3. The van der Waals surface area contributed by atoms with E-state index < -0.39 is 0 Å². The zero-order valence-corrected chi connectivity index (χ0v) is 16.6. The summed E-state index contributed by atoms with van der Waals surface area (Å²) in [5.74, 6) is 6.94. The molecule has 6 rings (SSSR count). The van der Waals surface area contributed by atoms with Gasteiger partial charge in [0.25, 0.3) is 5.91 Å². The average Bonchev–Trinajstić information content (AvgIpc) is 3.18. The third kappa shape index (κ3) is 4.01. The van der Waals surface area contributed by atoms with E-state index in [1.165, 1.54) is 12.8 Å². The van der Waals surface area contributed by atoms with Crippen molar-refractivity contribution in [3.63, 3.8) is 0 Å². The van der Waals surface area contributed by atoms with E-state index in [2.05, 4.69) is 37.3 Å². The minimum Gasteiger partial charge on any atom is -0.461 e. The van der Waals surface area contributed by atoms with Crippen molar-refractivity contribution in [1.29, 1.82) is 0 Å². The fraction of sp³-hybridized carbons (Fsp3) is 0.545. The Morgan fingerprint density at radius 1 is 1.28 bits per heavy atom. The number of pyridine rings is 1. The van der Waals surface area contributed by atoms with Crippen LogP contribution in [0.15, 0.2) is 22.9 Å². The summed E-state index contributed by atoms with van der Waals surface area (Å²) < 4.78 is 5.59. The molecule has 0 saturated carbocycles. The molecule has 29 heavy (non-hydrogen) atoms. The fourth-order valence-electron chi connectivity index (χ4n) is 4.64. The number of hydrogen-bond acceptors (Lipinski definition) is 6. The van der Waals surface area contributed by atoms with Gasteiger partial charge in [-0.3, -0.25) is 9.69 Å². The number of rotatable bonds is 3. The number of nitrogens with one attached hydrogen (secondary N) is 2. The molecule has 4 fully saturated rings. The van der Waals surface area contributed by atoms with Gasteiger partial charge >= 0.3 is 0 Å². The molecular weight excluding hydrogens is 366 g/mol. The summed E-state index contributed by atoms with van der Waals surface area (Å²) in [7, 11) is 0. The summed E-state index contributed by atoms with van der Waals surface area (Å²) in [6.45, 7) is 8.08. The molecule has 4 aliphatic heterocycles. The molecule has 152 valence electrons. The number of furan rings is 1. The number of carbonyl (C=O) groups is 1. The molecule has 2 aromatic heterocycles. The lowest BCUT2D eigenvalue weighted by atomic mass is 9.84. The van der Waals surface area contributed by atoms with Gasteiger partial charge in [0.1, 0.15) is 12.0 Å². The molecule has 0 spiro atoms. The van der Waals surface area contributed by atoms with Crippen molar-refractivity contribution in [2.24, 2.45) is 5.92 Å². The van der Waals surface area contributed by atoms with Crippen molar-refractivity contribution in [1.82, 2.24) is 25.4 Å². The van der Waals surface area contributed by atoms with Crippen LogP contribution in [0.1, 0.15) is 28.9 Å². The Balaban J connectivity index is 1.29. The van der Waals surface area contributed by atoms with Crippen molar-refractivity contribution >= 4 is 16.9 Å². The maximum absolute atomic E-state index is 12.8. The predicted molar refractivity (Wildman–Crippen MR) is 111 cm³/mol. The number of piperazine rings is 1. The van der Waals surface area contributed by atoms with Gasteiger partial charge in [-0.25, -0.2) is 4.98 Å². The van der Waals surface area contributed by atoms with E-state index in [0.717, 1.165) is 63.3 Å². The summed E-state index contributed by atoms with van der Waals surface area (Å²) in [5.41, 5.74) is 1.91. The van der Waals surface area contributed by atoms with Crippen LogP contribution in [0.3, 0.4) is 0 Å². The topological polar surface area (TPSA) is 73.6 Å². The fourth-order valence-corrected chi connectivity index (χ4v) is 4.64. The van der Waals surface area contributed by atoms with Crippen molar-refractivity contribution in [2.75, 3.05) is 52.4 Å². The number of piperidine rings is 3. The van der Waals surface area contributed by atoms with Crippen LogP contribution in [-0.4, -0.2) is 79.1 Å². The van der Waals surface area contributed by atoms with E-state index in [1.54, 1.807) is 12.5 Å². The first kappa shape index (κ1) is 18.6.